The number of sulfone groups is 1. The van der Waals surface area contributed by atoms with Crippen LogP contribution in [0, 0.1) is 0 Å². The van der Waals surface area contributed by atoms with Crippen LogP contribution in [-0.2, 0) is 19.9 Å². The molecule has 0 aliphatic rings. The second-order valence-electron chi connectivity index (χ2n) is 3.88. The summed E-state index contributed by atoms with van der Waals surface area (Å²) in [5, 5.41) is 2.68. The van der Waals surface area contributed by atoms with E-state index in [1.807, 2.05) is 0 Å². The highest BCUT2D eigenvalue weighted by atomic mass is 79.9. The van der Waals surface area contributed by atoms with Crippen molar-refractivity contribution in [2.45, 2.75) is 11.8 Å². The first-order valence-corrected chi connectivity index (χ1v) is 9.85. The molecule has 114 valence electrons. The quantitative estimate of drug-likeness (QED) is 0.711. The van der Waals surface area contributed by atoms with Crippen molar-refractivity contribution in [3.8, 4) is 0 Å². The molecule has 0 fully saturated rings. The number of pyridine rings is 1. The Labute approximate surface area is 127 Å². The SMILES string of the molecule is CCS(=O)(=O)CCNS(=O)(=O)c1cc(Br)cnc1NC. The van der Waals surface area contributed by atoms with E-state index >= 15 is 0 Å². The maximum atomic E-state index is 12.1. The number of sulfonamides is 1. The Hall–Kier alpha value is -0.710. The van der Waals surface area contributed by atoms with Crippen LogP contribution in [0.1, 0.15) is 6.92 Å². The Balaban J connectivity index is 2.92. The van der Waals surface area contributed by atoms with Gasteiger partial charge in [0.1, 0.15) is 10.7 Å². The largest absolute Gasteiger partial charge is 0.372 e. The topological polar surface area (TPSA) is 105 Å². The second kappa shape index (κ2) is 6.83. The monoisotopic (exact) mass is 385 g/mol. The number of nitrogens with one attached hydrogen (secondary N) is 2. The molecule has 0 bridgehead atoms. The molecule has 0 radical (unpaired) electrons. The van der Waals surface area contributed by atoms with Gasteiger partial charge in [-0.05, 0) is 22.0 Å². The summed E-state index contributed by atoms with van der Waals surface area (Å²) in [5.41, 5.74) is 0. The summed E-state index contributed by atoms with van der Waals surface area (Å²) in [6.07, 6.45) is 1.46. The zero-order chi connectivity index (χ0) is 15.4. The smallest absolute Gasteiger partial charge is 0.244 e. The van der Waals surface area contributed by atoms with Crippen molar-refractivity contribution in [3.63, 3.8) is 0 Å². The van der Waals surface area contributed by atoms with E-state index in [0.717, 1.165) is 0 Å². The maximum Gasteiger partial charge on any atom is 0.244 e. The summed E-state index contributed by atoms with van der Waals surface area (Å²) < 4.78 is 49.7. The van der Waals surface area contributed by atoms with Gasteiger partial charge in [-0.3, -0.25) is 0 Å². The molecule has 20 heavy (non-hydrogen) atoms. The van der Waals surface area contributed by atoms with E-state index in [4.69, 9.17) is 0 Å². The number of nitrogens with zero attached hydrogens (tertiary/aromatic N) is 1. The van der Waals surface area contributed by atoms with Crippen LogP contribution in [0.25, 0.3) is 0 Å². The summed E-state index contributed by atoms with van der Waals surface area (Å²) in [4.78, 5) is 3.90. The fraction of sp³-hybridized carbons (Fsp3) is 0.500. The first-order chi connectivity index (χ1) is 9.22. The molecule has 1 rings (SSSR count). The van der Waals surface area contributed by atoms with Gasteiger partial charge in [-0.2, -0.15) is 0 Å². The molecule has 0 aromatic carbocycles. The lowest BCUT2D eigenvalue weighted by Gasteiger charge is -2.10. The summed E-state index contributed by atoms with van der Waals surface area (Å²) in [5.74, 6) is -0.0624. The van der Waals surface area contributed by atoms with Gasteiger partial charge in [0.2, 0.25) is 10.0 Å². The molecule has 0 saturated heterocycles. The second-order valence-corrected chi connectivity index (χ2v) is 9.01. The molecule has 7 nitrogen and oxygen atoms in total. The maximum absolute atomic E-state index is 12.1. The lowest BCUT2D eigenvalue weighted by Crippen LogP contribution is -2.30. The van der Waals surface area contributed by atoms with Crippen molar-refractivity contribution in [3.05, 3.63) is 16.7 Å². The first kappa shape index (κ1) is 17.3. The summed E-state index contributed by atoms with van der Waals surface area (Å²) in [6, 6.07) is 1.40. The van der Waals surface area contributed by atoms with Crippen molar-refractivity contribution in [2.24, 2.45) is 0 Å². The van der Waals surface area contributed by atoms with Crippen LogP contribution in [-0.4, -0.2) is 46.9 Å². The molecule has 0 aliphatic heterocycles. The predicted molar refractivity (Wildman–Crippen MR) is 81.0 cm³/mol. The van der Waals surface area contributed by atoms with Crippen LogP contribution in [0.15, 0.2) is 21.6 Å². The van der Waals surface area contributed by atoms with Crippen LogP contribution in [0.5, 0.6) is 0 Å². The van der Waals surface area contributed by atoms with Gasteiger partial charge in [0, 0.05) is 30.0 Å². The zero-order valence-electron chi connectivity index (χ0n) is 11.1. The lowest BCUT2D eigenvalue weighted by atomic mass is 10.4. The van der Waals surface area contributed by atoms with E-state index in [1.165, 1.54) is 19.2 Å². The van der Waals surface area contributed by atoms with Crippen molar-refractivity contribution >= 4 is 41.6 Å². The van der Waals surface area contributed by atoms with E-state index in [0.29, 0.717) is 4.47 Å². The number of rotatable bonds is 7. The average Bonchev–Trinajstić information content (AvgIpc) is 2.38. The van der Waals surface area contributed by atoms with Gasteiger partial charge in [-0.15, -0.1) is 0 Å². The highest BCUT2D eigenvalue weighted by molar-refractivity contribution is 9.10. The standard InChI is InChI=1S/C10H16BrN3O4S2/c1-3-19(15,16)5-4-14-20(17,18)9-6-8(11)7-13-10(9)12-2/h6-7,14H,3-5H2,1-2H3,(H,12,13). The summed E-state index contributed by atoms with van der Waals surface area (Å²) >= 11 is 3.15. The van der Waals surface area contributed by atoms with Gasteiger partial charge < -0.3 is 5.32 Å². The molecule has 0 unspecified atom stereocenters. The minimum Gasteiger partial charge on any atom is -0.372 e. The van der Waals surface area contributed by atoms with E-state index in [9.17, 15) is 16.8 Å². The van der Waals surface area contributed by atoms with Gasteiger partial charge >= 0.3 is 0 Å². The molecular weight excluding hydrogens is 370 g/mol. The van der Waals surface area contributed by atoms with E-state index in [2.05, 4.69) is 31.0 Å². The Morgan fingerprint density at radius 1 is 1.30 bits per heavy atom. The molecule has 0 spiro atoms. The molecule has 1 heterocycles. The summed E-state index contributed by atoms with van der Waals surface area (Å²) in [6.45, 7) is 1.34. The molecular formula is C10H16BrN3O4S2. The van der Waals surface area contributed by atoms with Gasteiger partial charge in [0.15, 0.2) is 9.84 Å². The fourth-order valence-electron chi connectivity index (χ4n) is 1.37. The van der Waals surface area contributed by atoms with E-state index in [-0.39, 0.29) is 28.8 Å². The number of aromatic nitrogens is 1. The van der Waals surface area contributed by atoms with Crippen LogP contribution in [0.3, 0.4) is 0 Å². The van der Waals surface area contributed by atoms with Crippen LogP contribution >= 0.6 is 15.9 Å². The molecule has 0 saturated carbocycles. The Morgan fingerprint density at radius 2 is 1.95 bits per heavy atom. The van der Waals surface area contributed by atoms with Gasteiger partial charge in [0.25, 0.3) is 0 Å². The van der Waals surface area contributed by atoms with Gasteiger partial charge in [0.05, 0.1) is 5.75 Å². The average molecular weight is 386 g/mol. The van der Waals surface area contributed by atoms with E-state index < -0.39 is 19.9 Å². The summed E-state index contributed by atoms with van der Waals surface area (Å²) in [7, 11) is -5.49. The molecule has 2 N–H and O–H groups in total. The number of anilines is 1. The van der Waals surface area contributed by atoms with Crippen molar-refractivity contribution in [1.82, 2.24) is 9.71 Å². The Kier molecular flexibility index (Phi) is 5.92. The van der Waals surface area contributed by atoms with E-state index in [1.54, 1.807) is 7.05 Å². The number of hydrogen-bond acceptors (Lipinski definition) is 6. The van der Waals surface area contributed by atoms with Crippen molar-refractivity contribution in [1.29, 1.82) is 0 Å². The molecule has 0 aliphatic carbocycles. The molecule has 1 aromatic rings. The minimum atomic E-state index is -3.83. The fourth-order valence-corrected chi connectivity index (χ4v) is 3.90. The zero-order valence-corrected chi connectivity index (χ0v) is 14.3. The van der Waals surface area contributed by atoms with Crippen molar-refractivity contribution < 1.29 is 16.8 Å². The molecule has 0 amide bonds. The predicted octanol–water partition coefficient (Wildman–Crippen LogP) is 0.599. The third kappa shape index (κ3) is 4.69. The third-order valence-electron chi connectivity index (χ3n) is 2.49. The van der Waals surface area contributed by atoms with Crippen LogP contribution in [0.2, 0.25) is 0 Å². The number of halogens is 1. The highest BCUT2D eigenvalue weighted by Crippen LogP contribution is 2.22. The van der Waals surface area contributed by atoms with Gasteiger partial charge in [-0.1, -0.05) is 6.92 Å². The molecule has 1 aromatic heterocycles. The lowest BCUT2D eigenvalue weighted by molar-refractivity contribution is 0.581. The third-order valence-corrected chi connectivity index (χ3v) is 6.10. The first-order valence-electron chi connectivity index (χ1n) is 5.75. The van der Waals surface area contributed by atoms with Gasteiger partial charge in [-0.25, -0.2) is 26.5 Å². The Morgan fingerprint density at radius 3 is 2.50 bits per heavy atom. The Bertz CT molecular complexity index is 674. The molecule has 0 atom stereocenters. The van der Waals surface area contributed by atoms with Crippen LogP contribution in [0.4, 0.5) is 5.82 Å². The van der Waals surface area contributed by atoms with Crippen molar-refractivity contribution in [2.75, 3.05) is 30.4 Å². The number of hydrogen-bond donors (Lipinski definition) is 2. The highest BCUT2D eigenvalue weighted by Gasteiger charge is 2.20. The molecule has 10 heteroatoms. The minimum absolute atomic E-state index is 0.0189. The van der Waals surface area contributed by atoms with Crippen LogP contribution < -0.4 is 10.0 Å². The normalized spacial score (nSPS) is 12.3.